The van der Waals surface area contributed by atoms with E-state index in [2.05, 4.69) is 4.72 Å². The zero-order valence-electron chi connectivity index (χ0n) is 9.85. The van der Waals surface area contributed by atoms with Crippen molar-refractivity contribution in [2.24, 2.45) is 5.73 Å². The van der Waals surface area contributed by atoms with Gasteiger partial charge >= 0.3 is 0 Å². The van der Waals surface area contributed by atoms with Crippen LogP contribution in [0, 0.1) is 0 Å². The second-order valence-corrected chi connectivity index (χ2v) is 6.28. The van der Waals surface area contributed by atoms with E-state index in [4.69, 9.17) is 5.73 Å². The third-order valence-corrected chi connectivity index (χ3v) is 4.56. The summed E-state index contributed by atoms with van der Waals surface area (Å²) in [4.78, 5) is 0.284. The molecule has 4 nitrogen and oxygen atoms in total. The van der Waals surface area contributed by atoms with E-state index in [1.165, 1.54) is 0 Å². The first-order chi connectivity index (χ1) is 8.11. The molecule has 0 unspecified atom stereocenters. The fraction of sp³-hybridized carbons (Fsp3) is 0.455. The highest BCUT2D eigenvalue weighted by molar-refractivity contribution is 7.98. The van der Waals surface area contributed by atoms with Crippen LogP contribution in [0.3, 0.4) is 0 Å². The van der Waals surface area contributed by atoms with Crippen LogP contribution in [0.5, 0.6) is 0 Å². The maximum Gasteiger partial charge on any atom is 0.240 e. The average Bonchev–Trinajstić information content (AvgIpc) is 2.34. The predicted octanol–water partition coefficient (Wildman–Crippen LogP) is 1.18. The zero-order valence-corrected chi connectivity index (χ0v) is 11.5. The van der Waals surface area contributed by atoms with E-state index in [0.717, 1.165) is 12.2 Å². The van der Waals surface area contributed by atoms with E-state index in [9.17, 15) is 8.42 Å². The second-order valence-electron chi connectivity index (χ2n) is 3.56. The Morgan fingerprint density at radius 1 is 1.35 bits per heavy atom. The van der Waals surface area contributed by atoms with Gasteiger partial charge in [0.05, 0.1) is 4.90 Å². The molecule has 0 aliphatic heterocycles. The Bertz CT molecular complexity index is 447. The molecule has 1 aromatic carbocycles. The number of thioether (sulfide) groups is 1. The second kappa shape index (κ2) is 7.00. The van der Waals surface area contributed by atoms with Crippen LogP contribution in [-0.2, 0) is 16.6 Å². The third kappa shape index (κ3) is 4.31. The van der Waals surface area contributed by atoms with E-state index >= 15 is 0 Å². The molecule has 0 spiro atoms. The van der Waals surface area contributed by atoms with Crippen molar-refractivity contribution in [3.8, 4) is 0 Å². The number of nitrogens with one attached hydrogen (secondary N) is 1. The predicted molar refractivity (Wildman–Crippen MR) is 72.5 cm³/mol. The van der Waals surface area contributed by atoms with Gasteiger partial charge in [0, 0.05) is 13.1 Å². The van der Waals surface area contributed by atoms with Gasteiger partial charge in [-0.1, -0.05) is 18.2 Å². The summed E-state index contributed by atoms with van der Waals surface area (Å²) in [6, 6.07) is 6.81. The Morgan fingerprint density at radius 2 is 2.06 bits per heavy atom. The minimum atomic E-state index is -3.42. The van der Waals surface area contributed by atoms with Gasteiger partial charge in [0.15, 0.2) is 0 Å². The van der Waals surface area contributed by atoms with Crippen LogP contribution in [0.4, 0.5) is 0 Å². The van der Waals surface area contributed by atoms with Gasteiger partial charge in [0.25, 0.3) is 0 Å². The van der Waals surface area contributed by atoms with E-state index in [1.54, 1.807) is 36.0 Å². The summed E-state index contributed by atoms with van der Waals surface area (Å²) < 4.78 is 26.6. The normalized spacial score (nSPS) is 11.6. The molecule has 3 N–H and O–H groups in total. The Balaban J connectivity index is 2.75. The summed E-state index contributed by atoms with van der Waals surface area (Å²) in [7, 11) is -3.42. The zero-order chi connectivity index (χ0) is 12.7. The van der Waals surface area contributed by atoms with Crippen molar-refractivity contribution in [3.05, 3.63) is 29.8 Å². The molecule has 0 aromatic heterocycles. The van der Waals surface area contributed by atoms with Gasteiger partial charge in [-0.05, 0) is 30.1 Å². The lowest BCUT2D eigenvalue weighted by Crippen LogP contribution is -2.26. The van der Waals surface area contributed by atoms with Crippen molar-refractivity contribution in [1.82, 2.24) is 4.72 Å². The number of sulfonamides is 1. The molecule has 6 heteroatoms. The Hall–Kier alpha value is -0.560. The molecule has 0 heterocycles. The molecular formula is C11H18N2O2S2. The highest BCUT2D eigenvalue weighted by Gasteiger charge is 2.16. The van der Waals surface area contributed by atoms with Crippen molar-refractivity contribution < 1.29 is 8.42 Å². The molecule has 0 fully saturated rings. The fourth-order valence-electron chi connectivity index (χ4n) is 1.44. The van der Waals surface area contributed by atoms with Gasteiger partial charge in [-0.25, -0.2) is 13.1 Å². The van der Waals surface area contributed by atoms with Gasteiger partial charge in [-0.15, -0.1) is 0 Å². The topological polar surface area (TPSA) is 72.2 Å². The maximum atomic E-state index is 12.0. The van der Waals surface area contributed by atoms with Gasteiger partial charge in [0.2, 0.25) is 10.0 Å². The molecule has 96 valence electrons. The molecule has 17 heavy (non-hydrogen) atoms. The van der Waals surface area contributed by atoms with Crippen molar-refractivity contribution in [2.45, 2.75) is 17.9 Å². The van der Waals surface area contributed by atoms with Crippen LogP contribution < -0.4 is 10.5 Å². The number of nitrogens with two attached hydrogens (primary N) is 1. The number of hydrogen-bond acceptors (Lipinski definition) is 4. The molecule has 0 radical (unpaired) electrons. The molecule has 1 rings (SSSR count). The van der Waals surface area contributed by atoms with Gasteiger partial charge < -0.3 is 5.73 Å². The van der Waals surface area contributed by atoms with E-state index in [1.807, 2.05) is 6.26 Å². The lowest BCUT2D eigenvalue weighted by atomic mass is 10.2. The largest absolute Gasteiger partial charge is 0.326 e. The minimum absolute atomic E-state index is 0.224. The highest BCUT2D eigenvalue weighted by Crippen LogP contribution is 2.14. The molecule has 0 aliphatic rings. The van der Waals surface area contributed by atoms with E-state index in [0.29, 0.717) is 12.1 Å². The third-order valence-electron chi connectivity index (χ3n) is 2.30. The summed E-state index contributed by atoms with van der Waals surface area (Å²) >= 11 is 1.70. The molecule has 0 atom stereocenters. The van der Waals surface area contributed by atoms with Gasteiger partial charge in [-0.2, -0.15) is 11.8 Å². The molecule has 0 aliphatic carbocycles. The van der Waals surface area contributed by atoms with E-state index < -0.39 is 10.0 Å². The SMILES string of the molecule is CSCCCNS(=O)(=O)c1ccccc1CN. The fourth-order valence-corrected chi connectivity index (χ4v) is 3.19. The Labute approximate surface area is 107 Å². The number of rotatable bonds is 7. The van der Waals surface area contributed by atoms with Crippen LogP contribution in [0.25, 0.3) is 0 Å². The van der Waals surface area contributed by atoms with Crippen LogP contribution in [0.2, 0.25) is 0 Å². The number of hydrogen-bond donors (Lipinski definition) is 2. The average molecular weight is 274 g/mol. The highest BCUT2D eigenvalue weighted by atomic mass is 32.2. The molecular weight excluding hydrogens is 256 g/mol. The molecule has 0 amide bonds. The Morgan fingerprint density at radius 3 is 2.71 bits per heavy atom. The van der Waals surface area contributed by atoms with Crippen molar-refractivity contribution >= 4 is 21.8 Å². The summed E-state index contributed by atoms with van der Waals surface area (Å²) in [6.07, 6.45) is 2.82. The quantitative estimate of drug-likeness (QED) is 0.732. The lowest BCUT2D eigenvalue weighted by Gasteiger charge is -2.09. The van der Waals surface area contributed by atoms with Crippen molar-refractivity contribution in [1.29, 1.82) is 0 Å². The lowest BCUT2D eigenvalue weighted by molar-refractivity contribution is 0.580. The first kappa shape index (κ1) is 14.5. The minimum Gasteiger partial charge on any atom is -0.326 e. The Kier molecular flexibility index (Phi) is 5.97. The van der Waals surface area contributed by atoms with Gasteiger partial charge in [0.1, 0.15) is 0 Å². The summed E-state index contributed by atoms with van der Waals surface area (Å²) in [5, 5.41) is 0. The standard InChI is InChI=1S/C11H18N2O2S2/c1-16-8-4-7-13-17(14,15)11-6-3-2-5-10(11)9-12/h2-3,5-6,13H,4,7-9,12H2,1H3. The number of benzene rings is 1. The monoisotopic (exact) mass is 274 g/mol. The smallest absolute Gasteiger partial charge is 0.240 e. The molecule has 1 aromatic rings. The first-order valence-corrected chi connectivity index (χ1v) is 8.26. The summed E-state index contributed by atoms with van der Waals surface area (Å²) in [5.41, 5.74) is 6.17. The molecule has 0 bridgehead atoms. The van der Waals surface area contributed by atoms with Gasteiger partial charge in [-0.3, -0.25) is 0 Å². The molecule has 0 saturated carbocycles. The van der Waals surface area contributed by atoms with Crippen molar-refractivity contribution in [3.63, 3.8) is 0 Å². The summed E-state index contributed by atoms with van der Waals surface area (Å²) in [6.45, 7) is 0.684. The van der Waals surface area contributed by atoms with Crippen molar-refractivity contribution in [2.75, 3.05) is 18.6 Å². The molecule has 0 saturated heterocycles. The summed E-state index contributed by atoms with van der Waals surface area (Å²) in [5.74, 6) is 0.945. The first-order valence-electron chi connectivity index (χ1n) is 5.38. The van der Waals surface area contributed by atoms with Crippen LogP contribution >= 0.6 is 11.8 Å². The van der Waals surface area contributed by atoms with Crippen LogP contribution in [0.15, 0.2) is 29.2 Å². The van der Waals surface area contributed by atoms with E-state index in [-0.39, 0.29) is 11.4 Å². The maximum absolute atomic E-state index is 12.0. The van der Waals surface area contributed by atoms with Crippen LogP contribution in [0.1, 0.15) is 12.0 Å². The van der Waals surface area contributed by atoms with Crippen LogP contribution in [-0.4, -0.2) is 27.0 Å².